The molecule has 0 saturated heterocycles. The molecule has 3 N–H and O–H groups in total. The van der Waals surface area contributed by atoms with Crippen LogP contribution in [0.3, 0.4) is 0 Å². The molecule has 168 valence electrons. The lowest BCUT2D eigenvalue weighted by molar-refractivity contribution is 0.224. The van der Waals surface area contributed by atoms with Crippen LogP contribution in [0.1, 0.15) is 6.42 Å². The number of hydrogen-bond donors (Lipinski definition) is 2. The van der Waals surface area contributed by atoms with Crippen LogP contribution in [0, 0.1) is 5.82 Å². The molecule has 0 fully saturated rings. The van der Waals surface area contributed by atoms with Crippen molar-refractivity contribution in [3.63, 3.8) is 0 Å². The molecule has 32 heavy (non-hydrogen) atoms. The van der Waals surface area contributed by atoms with E-state index in [1.165, 1.54) is 30.3 Å². The van der Waals surface area contributed by atoms with Crippen molar-refractivity contribution in [3.05, 3.63) is 47.5 Å². The topological polar surface area (TPSA) is 134 Å². The predicted octanol–water partition coefficient (Wildman–Crippen LogP) is 3.46. The number of hydrogen-bond acceptors (Lipinski definition) is 6. The van der Waals surface area contributed by atoms with Crippen molar-refractivity contribution < 1.29 is 22.9 Å². The van der Waals surface area contributed by atoms with E-state index in [1.807, 2.05) is 0 Å². The third kappa shape index (κ3) is 4.24. The first-order chi connectivity index (χ1) is 15.3. The number of fused-ring (bicyclic) bond motifs is 1. The van der Waals surface area contributed by atoms with Crippen LogP contribution < -0.4 is 19.9 Å². The largest absolute Gasteiger partial charge is 0.481 e. The van der Waals surface area contributed by atoms with Gasteiger partial charge in [0.25, 0.3) is 0 Å². The Balaban J connectivity index is 1.71. The predicted molar refractivity (Wildman–Crippen MR) is 116 cm³/mol. The van der Waals surface area contributed by atoms with Crippen molar-refractivity contribution in [1.29, 1.82) is 0 Å². The number of nitrogens with one attached hydrogen (secondary N) is 1. The van der Waals surface area contributed by atoms with Crippen molar-refractivity contribution in [2.45, 2.75) is 17.9 Å². The zero-order valence-electron chi connectivity index (χ0n) is 16.7. The lowest BCUT2D eigenvalue weighted by atomic mass is 10.0. The molecule has 0 radical (unpaired) electrons. The molecule has 0 spiro atoms. The first kappa shape index (κ1) is 22.0. The molecule has 0 bridgehead atoms. The van der Waals surface area contributed by atoms with Gasteiger partial charge in [-0.1, -0.05) is 11.6 Å². The number of rotatable bonds is 4. The Hall–Kier alpha value is -3.22. The molecule has 1 aromatic carbocycles. The molecule has 3 heterocycles. The SMILES string of the molecule is COc1cc(-c2ccc(F)c(Cl)c2NC(=O)N=S(N)(=O)c2cnn3c2OCCC3)ccn1. The molecule has 2 aromatic heterocycles. The number of pyridine rings is 1. The van der Waals surface area contributed by atoms with Crippen LogP contribution in [0.5, 0.6) is 11.8 Å². The van der Waals surface area contributed by atoms with E-state index in [4.69, 9.17) is 26.2 Å². The van der Waals surface area contributed by atoms with Crippen LogP contribution in [0.25, 0.3) is 11.1 Å². The normalized spacial score (nSPS) is 14.6. The number of anilines is 1. The maximum Gasteiger partial charge on any atom is 0.354 e. The number of methoxy groups -OCH3 is 1. The first-order valence-electron chi connectivity index (χ1n) is 9.33. The fraction of sp³-hybridized carbons (Fsp3) is 0.211. The Bertz CT molecular complexity index is 1320. The molecule has 2 amide bonds. The highest BCUT2D eigenvalue weighted by atomic mass is 35.5. The Morgan fingerprint density at radius 2 is 2.25 bits per heavy atom. The standard InChI is InChI=1S/C19H18ClFN6O4S/c1-30-15-9-11(5-6-23-15)12-3-4-13(21)16(20)17(12)25-19(28)26-32(22,29)14-10-24-27-7-2-8-31-18(14)27/h3-6,9-10H,2,7-8H2,1H3,(H3,22,25,26,28,29). The lowest BCUT2D eigenvalue weighted by Crippen LogP contribution is -2.21. The molecule has 1 unspecified atom stereocenters. The van der Waals surface area contributed by atoms with Gasteiger partial charge in [-0.3, -0.25) is 0 Å². The van der Waals surface area contributed by atoms with Gasteiger partial charge in [-0.25, -0.2) is 28.2 Å². The van der Waals surface area contributed by atoms with Crippen molar-refractivity contribution in [2.24, 2.45) is 9.50 Å². The Morgan fingerprint density at radius 3 is 3.03 bits per heavy atom. The number of carbonyl (C=O) groups is 1. The second kappa shape index (κ2) is 8.73. The van der Waals surface area contributed by atoms with Gasteiger partial charge in [-0.05, 0) is 23.8 Å². The lowest BCUT2D eigenvalue weighted by Gasteiger charge is -2.16. The first-order valence-corrected chi connectivity index (χ1v) is 11.3. The Morgan fingerprint density at radius 1 is 1.44 bits per heavy atom. The summed E-state index contributed by atoms with van der Waals surface area (Å²) < 4.78 is 42.8. The van der Waals surface area contributed by atoms with Crippen LogP contribution in [0.4, 0.5) is 14.9 Å². The maximum atomic E-state index is 14.2. The highest BCUT2D eigenvalue weighted by molar-refractivity contribution is 7.91. The van der Waals surface area contributed by atoms with E-state index < -0.39 is 21.8 Å². The third-order valence-corrected chi connectivity index (χ3v) is 6.34. The molecule has 0 saturated carbocycles. The Labute approximate surface area is 187 Å². The summed E-state index contributed by atoms with van der Waals surface area (Å²) >= 11 is 6.12. The van der Waals surface area contributed by atoms with Crippen molar-refractivity contribution in [3.8, 4) is 22.9 Å². The van der Waals surface area contributed by atoms with Crippen LogP contribution >= 0.6 is 11.6 Å². The quantitative estimate of drug-likeness (QED) is 0.587. The van der Waals surface area contributed by atoms with Gasteiger partial charge in [0.1, 0.15) is 15.7 Å². The zero-order chi connectivity index (χ0) is 22.9. The molecular formula is C19H18ClFN6O4S. The second-order valence-corrected chi connectivity index (χ2v) is 8.84. The second-order valence-electron chi connectivity index (χ2n) is 6.70. The van der Waals surface area contributed by atoms with Crippen LogP contribution in [0.15, 0.2) is 45.9 Å². The van der Waals surface area contributed by atoms with Gasteiger partial charge in [0.2, 0.25) is 11.8 Å². The minimum atomic E-state index is -3.70. The number of aryl methyl sites for hydroxylation is 1. The molecule has 10 nitrogen and oxygen atoms in total. The van der Waals surface area contributed by atoms with Gasteiger partial charge in [-0.2, -0.15) is 5.10 Å². The van der Waals surface area contributed by atoms with E-state index in [-0.39, 0.29) is 21.5 Å². The van der Waals surface area contributed by atoms with Crippen LogP contribution in [-0.2, 0) is 16.5 Å². The number of carbonyl (C=O) groups excluding carboxylic acids is 1. The molecule has 13 heteroatoms. The van der Waals surface area contributed by atoms with E-state index in [1.54, 1.807) is 12.1 Å². The summed E-state index contributed by atoms with van der Waals surface area (Å²) in [7, 11) is -2.25. The van der Waals surface area contributed by atoms with Crippen molar-refractivity contribution >= 4 is 33.2 Å². The minimum Gasteiger partial charge on any atom is -0.481 e. The number of amides is 2. The number of nitrogens with zero attached hydrogens (tertiary/aromatic N) is 4. The number of halogens is 2. The molecular weight excluding hydrogens is 463 g/mol. The number of nitrogens with two attached hydrogens (primary N) is 1. The summed E-state index contributed by atoms with van der Waals surface area (Å²) in [5, 5.41) is 12.0. The Kier molecular flexibility index (Phi) is 6.00. The van der Waals surface area contributed by atoms with Crippen molar-refractivity contribution in [1.82, 2.24) is 14.8 Å². The van der Waals surface area contributed by atoms with E-state index in [2.05, 4.69) is 19.8 Å². The van der Waals surface area contributed by atoms with Gasteiger partial charge >= 0.3 is 6.03 Å². The summed E-state index contributed by atoms with van der Waals surface area (Å²) in [6.07, 6.45) is 3.47. The number of urea groups is 1. The summed E-state index contributed by atoms with van der Waals surface area (Å²) in [5.74, 6) is -0.256. The number of aromatic nitrogens is 3. The summed E-state index contributed by atoms with van der Waals surface area (Å²) in [6, 6.07) is 4.70. The summed E-state index contributed by atoms with van der Waals surface area (Å²) in [5.41, 5.74) is 0.842. The fourth-order valence-corrected chi connectivity index (χ4v) is 4.36. The van der Waals surface area contributed by atoms with Crippen molar-refractivity contribution in [2.75, 3.05) is 19.0 Å². The molecule has 3 aromatic rings. The molecule has 1 aliphatic rings. The van der Waals surface area contributed by atoms with E-state index in [9.17, 15) is 13.4 Å². The van der Waals surface area contributed by atoms with E-state index >= 15 is 0 Å². The summed E-state index contributed by atoms with van der Waals surface area (Å²) in [4.78, 5) is 16.7. The smallest absolute Gasteiger partial charge is 0.354 e. The average molecular weight is 481 g/mol. The van der Waals surface area contributed by atoms with E-state index in [0.29, 0.717) is 30.2 Å². The minimum absolute atomic E-state index is 0.00298. The monoisotopic (exact) mass is 480 g/mol. The molecule has 0 aliphatic carbocycles. The fourth-order valence-electron chi connectivity index (χ4n) is 3.15. The molecule has 1 atom stereocenters. The molecule has 1 aliphatic heterocycles. The third-order valence-electron chi connectivity index (χ3n) is 4.63. The maximum absolute atomic E-state index is 14.2. The summed E-state index contributed by atoms with van der Waals surface area (Å²) in [6.45, 7) is 0.965. The van der Waals surface area contributed by atoms with Crippen LogP contribution in [-0.4, -0.2) is 38.7 Å². The van der Waals surface area contributed by atoms with Gasteiger partial charge in [0, 0.05) is 30.8 Å². The average Bonchev–Trinajstić information content (AvgIpc) is 3.22. The van der Waals surface area contributed by atoms with Crippen LogP contribution in [0.2, 0.25) is 5.02 Å². The highest BCUT2D eigenvalue weighted by Gasteiger charge is 2.24. The zero-order valence-corrected chi connectivity index (χ0v) is 18.3. The molecule has 4 rings (SSSR count). The van der Waals surface area contributed by atoms with Gasteiger partial charge in [0.05, 0.1) is 25.6 Å². The van der Waals surface area contributed by atoms with Gasteiger partial charge < -0.3 is 14.8 Å². The highest BCUT2D eigenvalue weighted by Crippen LogP contribution is 2.37. The van der Waals surface area contributed by atoms with E-state index in [0.717, 1.165) is 12.5 Å². The van der Waals surface area contributed by atoms with Gasteiger partial charge in [-0.15, -0.1) is 4.36 Å². The number of ether oxygens (including phenoxy) is 2. The van der Waals surface area contributed by atoms with Gasteiger partial charge in [0.15, 0.2) is 9.92 Å². The number of benzene rings is 1.